The molecule has 0 nitrogen and oxygen atoms in total. The predicted molar refractivity (Wildman–Crippen MR) is 52.8 cm³/mol. The zero-order chi connectivity index (χ0) is 8.23. The lowest BCUT2D eigenvalue weighted by Gasteiger charge is -2.10. The van der Waals surface area contributed by atoms with Crippen LogP contribution in [-0.4, -0.2) is 0 Å². The predicted octanol–water partition coefficient (Wildman–Crippen LogP) is 3.32. The zero-order valence-electron chi connectivity index (χ0n) is 7.03. The number of rotatable bonds is 0. The van der Waals surface area contributed by atoms with Crippen molar-refractivity contribution in [2.24, 2.45) is 0 Å². The van der Waals surface area contributed by atoms with Gasteiger partial charge in [0.1, 0.15) is 0 Å². The van der Waals surface area contributed by atoms with Crippen LogP contribution in [0.5, 0.6) is 0 Å². The number of allylic oxidation sites excluding steroid dienone is 10. The second-order valence-electron chi connectivity index (χ2n) is 3.03. The van der Waals surface area contributed by atoms with E-state index in [1.54, 1.807) is 0 Å². The molecule has 0 unspecified atom stereocenters. The van der Waals surface area contributed by atoms with Crippen molar-refractivity contribution in [1.82, 2.24) is 0 Å². The van der Waals surface area contributed by atoms with Crippen molar-refractivity contribution >= 4 is 0 Å². The minimum absolute atomic E-state index is 1.09. The third-order valence-corrected chi connectivity index (χ3v) is 2.18. The topological polar surface area (TPSA) is 0 Å². The highest BCUT2D eigenvalue weighted by molar-refractivity contribution is 5.42. The van der Waals surface area contributed by atoms with E-state index >= 15 is 0 Å². The molecule has 2 aliphatic carbocycles. The van der Waals surface area contributed by atoms with E-state index < -0.39 is 0 Å². The molecule has 0 fully saturated rings. The van der Waals surface area contributed by atoms with Gasteiger partial charge in [0.05, 0.1) is 0 Å². The van der Waals surface area contributed by atoms with Gasteiger partial charge in [0.15, 0.2) is 0 Å². The Hall–Kier alpha value is -1.30. The molecule has 0 radical (unpaired) electrons. The summed E-state index contributed by atoms with van der Waals surface area (Å²) in [4.78, 5) is 0. The van der Waals surface area contributed by atoms with Gasteiger partial charge in [0.25, 0.3) is 0 Å². The molecule has 0 aromatic heterocycles. The highest BCUT2D eigenvalue weighted by atomic mass is 14.1. The Bertz CT molecular complexity index is 279. The van der Waals surface area contributed by atoms with Crippen molar-refractivity contribution in [3.8, 4) is 0 Å². The van der Waals surface area contributed by atoms with Crippen molar-refractivity contribution in [1.29, 1.82) is 0 Å². The summed E-state index contributed by atoms with van der Waals surface area (Å²) in [6.45, 7) is 0. The smallest absolute Gasteiger partial charge is 0.00945 e. The summed E-state index contributed by atoms with van der Waals surface area (Å²) < 4.78 is 0. The van der Waals surface area contributed by atoms with Crippen LogP contribution in [0.25, 0.3) is 0 Å². The molecule has 0 atom stereocenters. The zero-order valence-corrected chi connectivity index (χ0v) is 7.03. The fourth-order valence-electron chi connectivity index (χ4n) is 1.50. The fraction of sp³-hybridized carbons (Fsp3) is 0.167. The highest BCUT2D eigenvalue weighted by Gasteiger charge is 2.02. The van der Waals surface area contributed by atoms with E-state index in [2.05, 4.69) is 48.6 Å². The molecule has 2 aliphatic rings. The van der Waals surface area contributed by atoms with Gasteiger partial charge in [0.2, 0.25) is 0 Å². The van der Waals surface area contributed by atoms with Crippen LogP contribution in [0.1, 0.15) is 12.8 Å². The van der Waals surface area contributed by atoms with Crippen LogP contribution < -0.4 is 0 Å². The molecule has 0 aliphatic heterocycles. The van der Waals surface area contributed by atoms with Crippen molar-refractivity contribution in [3.05, 3.63) is 59.8 Å². The normalized spacial score (nSPS) is 28.7. The molecular formula is C12H12. The van der Waals surface area contributed by atoms with Crippen LogP contribution in [0.4, 0.5) is 0 Å². The first-order valence-electron chi connectivity index (χ1n) is 4.35. The quantitative estimate of drug-likeness (QED) is 0.472. The number of hydrogen-bond donors (Lipinski definition) is 0. The van der Waals surface area contributed by atoms with E-state index in [0.717, 1.165) is 12.8 Å². The average molecular weight is 156 g/mol. The summed E-state index contributed by atoms with van der Waals surface area (Å²) >= 11 is 0. The lowest BCUT2D eigenvalue weighted by molar-refractivity contribution is 1.11. The molecule has 0 heteroatoms. The Balaban J connectivity index is 2.32. The lowest BCUT2D eigenvalue weighted by atomic mass is 9.95. The second kappa shape index (κ2) is 3.40. The van der Waals surface area contributed by atoms with Gasteiger partial charge in [-0.3, -0.25) is 0 Å². The summed E-state index contributed by atoms with van der Waals surface area (Å²) in [7, 11) is 0. The Labute approximate surface area is 73.3 Å². The summed E-state index contributed by atoms with van der Waals surface area (Å²) in [5.74, 6) is 0. The Morgan fingerprint density at radius 1 is 0.667 bits per heavy atom. The second-order valence-corrected chi connectivity index (χ2v) is 3.03. The Morgan fingerprint density at radius 2 is 1.17 bits per heavy atom. The van der Waals surface area contributed by atoms with Crippen LogP contribution in [0.2, 0.25) is 0 Å². The minimum atomic E-state index is 1.09. The highest BCUT2D eigenvalue weighted by Crippen LogP contribution is 2.22. The molecule has 12 heavy (non-hydrogen) atoms. The maximum atomic E-state index is 2.24. The summed E-state index contributed by atoms with van der Waals surface area (Å²) in [6, 6.07) is 0. The van der Waals surface area contributed by atoms with E-state index in [4.69, 9.17) is 0 Å². The van der Waals surface area contributed by atoms with Gasteiger partial charge in [0, 0.05) is 0 Å². The Morgan fingerprint density at radius 3 is 1.67 bits per heavy atom. The SMILES string of the molecule is C1=CCC2=C(\C=C/C=C\C=C/2)C1. The van der Waals surface area contributed by atoms with Gasteiger partial charge in [-0.05, 0) is 24.0 Å². The van der Waals surface area contributed by atoms with Gasteiger partial charge in [-0.1, -0.05) is 48.6 Å². The third kappa shape index (κ3) is 1.48. The van der Waals surface area contributed by atoms with Crippen LogP contribution >= 0.6 is 0 Å². The molecular weight excluding hydrogens is 144 g/mol. The van der Waals surface area contributed by atoms with Crippen molar-refractivity contribution in [3.63, 3.8) is 0 Å². The molecule has 0 N–H and O–H groups in total. The van der Waals surface area contributed by atoms with Crippen LogP contribution in [-0.2, 0) is 0 Å². The average Bonchev–Trinajstić information content (AvgIpc) is 2.06. The van der Waals surface area contributed by atoms with Crippen LogP contribution in [0, 0.1) is 0 Å². The van der Waals surface area contributed by atoms with E-state index in [1.807, 2.05) is 0 Å². The Kier molecular flexibility index (Phi) is 2.08. The molecule has 0 spiro atoms. The molecule has 0 amide bonds. The monoisotopic (exact) mass is 156 g/mol. The first kappa shape index (κ1) is 7.35. The van der Waals surface area contributed by atoms with E-state index in [9.17, 15) is 0 Å². The summed E-state index contributed by atoms with van der Waals surface area (Å²) in [5, 5.41) is 0. The van der Waals surface area contributed by atoms with E-state index in [-0.39, 0.29) is 0 Å². The van der Waals surface area contributed by atoms with Crippen LogP contribution in [0.3, 0.4) is 0 Å². The minimum Gasteiger partial charge on any atom is -0.0838 e. The van der Waals surface area contributed by atoms with Crippen molar-refractivity contribution < 1.29 is 0 Å². The lowest BCUT2D eigenvalue weighted by Crippen LogP contribution is -1.91. The fourth-order valence-corrected chi connectivity index (χ4v) is 1.50. The molecule has 0 heterocycles. The van der Waals surface area contributed by atoms with Gasteiger partial charge < -0.3 is 0 Å². The molecule has 60 valence electrons. The van der Waals surface area contributed by atoms with Gasteiger partial charge in [-0.15, -0.1) is 0 Å². The van der Waals surface area contributed by atoms with Crippen molar-refractivity contribution in [2.45, 2.75) is 12.8 Å². The molecule has 0 aromatic carbocycles. The molecule has 2 rings (SSSR count). The third-order valence-electron chi connectivity index (χ3n) is 2.18. The van der Waals surface area contributed by atoms with Gasteiger partial charge in [-0.25, -0.2) is 0 Å². The van der Waals surface area contributed by atoms with E-state index in [1.165, 1.54) is 11.1 Å². The maximum absolute atomic E-state index is 2.24. The first-order valence-corrected chi connectivity index (χ1v) is 4.35. The largest absolute Gasteiger partial charge is 0.0838 e. The van der Waals surface area contributed by atoms with Gasteiger partial charge in [-0.2, -0.15) is 0 Å². The van der Waals surface area contributed by atoms with Gasteiger partial charge >= 0.3 is 0 Å². The standard InChI is InChI=1S/C12H12/c1-2-4-8-12-10-6-5-9-11(12)7-3-1/h1-8H,9-10H2/b2-1-,3-1?,4-2?,7-3-,8-4-,11-7?,12-8?. The summed E-state index contributed by atoms with van der Waals surface area (Å²) in [5.41, 5.74) is 2.91. The molecule has 0 bridgehead atoms. The molecule has 0 saturated heterocycles. The van der Waals surface area contributed by atoms with Crippen molar-refractivity contribution in [2.75, 3.05) is 0 Å². The maximum Gasteiger partial charge on any atom is -0.00945 e. The number of hydrogen-bond acceptors (Lipinski definition) is 0. The molecule has 0 saturated carbocycles. The molecule has 0 aromatic rings. The van der Waals surface area contributed by atoms with E-state index in [0.29, 0.717) is 0 Å². The summed E-state index contributed by atoms with van der Waals surface area (Å²) in [6.07, 6.45) is 19.4. The first-order chi connectivity index (χ1) is 5.97. The van der Waals surface area contributed by atoms with Crippen LogP contribution in [0.15, 0.2) is 59.8 Å².